The highest BCUT2D eigenvalue weighted by molar-refractivity contribution is 5.96. The van der Waals surface area contributed by atoms with Gasteiger partial charge in [-0.2, -0.15) is 0 Å². The third-order valence-corrected chi connectivity index (χ3v) is 1.83. The molecule has 0 fully saturated rings. The van der Waals surface area contributed by atoms with Crippen molar-refractivity contribution < 1.29 is 4.74 Å². The second kappa shape index (κ2) is 2.74. The minimum Gasteiger partial charge on any atom is -0.473 e. The lowest BCUT2D eigenvalue weighted by Crippen LogP contribution is -2.16. The van der Waals surface area contributed by atoms with Crippen LogP contribution in [0.15, 0.2) is 36.0 Å². The van der Waals surface area contributed by atoms with Gasteiger partial charge in [-0.05, 0) is 18.1 Å². The fourth-order valence-corrected chi connectivity index (χ4v) is 0.921. The third-order valence-electron chi connectivity index (χ3n) is 1.83. The lowest BCUT2D eigenvalue weighted by Gasteiger charge is -2.19. The molecule has 1 N–H and O–H groups in total. The Bertz CT molecular complexity index is 261. The Kier molecular flexibility index (Phi) is 1.94. The average molecular weight is 149 g/mol. The van der Waals surface area contributed by atoms with E-state index in [0.29, 0.717) is 12.2 Å². The van der Waals surface area contributed by atoms with Crippen molar-refractivity contribution in [1.29, 1.82) is 5.41 Å². The van der Waals surface area contributed by atoms with Gasteiger partial charge in [-0.25, -0.2) is 0 Å². The molecule has 0 aromatic rings. The van der Waals surface area contributed by atoms with Gasteiger partial charge in [-0.3, -0.25) is 5.41 Å². The molecule has 0 saturated heterocycles. The maximum atomic E-state index is 7.30. The third kappa shape index (κ3) is 1.24. The van der Waals surface area contributed by atoms with Crippen molar-refractivity contribution in [3.05, 3.63) is 36.0 Å². The molecule has 0 unspecified atom stereocenters. The molecule has 0 saturated carbocycles. The molecule has 2 nitrogen and oxygen atoms in total. The summed E-state index contributed by atoms with van der Waals surface area (Å²) in [5.74, 6) is 0.174. The summed E-state index contributed by atoms with van der Waals surface area (Å²) < 4.78 is 5.02. The SMILES string of the molecule is C=CC1=C(C)C(=C)C(=N)OC1. The van der Waals surface area contributed by atoms with Gasteiger partial charge in [0.25, 0.3) is 0 Å². The molecule has 0 aliphatic carbocycles. The van der Waals surface area contributed by atoms with E-state index in [1.54, 1.807) is 6.08 Å². The minimum atomic E-state index is 0.174. The fourth-order valence-electron chi connectivity index (χ4n) is 0.921. The van der Waals surface area contributed by atoms with Crippen molar-refractivity contribution in [3.63, 3.8) is 0 Å². The van der Waals surface area contributed by atoms with Crippen molar-refractivity contribution in [2.45, 2.75) is 6.92 Å². The van der Waals surface area contributed by atoms with Crippen LogP contribution in [0.1, 0.15) is 6.92 Å². The first-order chi connectivity index (χ1) is 5.16. The Hall–Kier alpha value is -1.31. The highest BCUT2D eigenvalue weighted by Gasteiger charge is 2.15. The first-order valence-electron chi connectivity index (χ1n) is 3.40. The van der Waals surface area contributed by atoms with Gasteiger partial charge in [-0.15, -0.1) is 0 Å². The standard InChI is InChI=1S/C9H11NO/c1-4-8-5-11-9(10)7(3)6(8)2/h4,10H,1,3,5H2,2H3. The zero-order valence-electron chi connectivity index (χ0n) is 6.61. The number of hydrogen-bond acceptors (Lipinski definition) is 2. The van der Waals surface area contributed by atoms with Gasteiger partial charge in [0.15, 0.2) is 0 Å². The van der Waals surface area contributed by atoms with Crippen molar-refractivity contribution in [3.8, 4) is 0 Å². The van der Waals surface area contributed by atoms with Crippen molar-refractivity contribution >= 4 is 5.90 Å². The van der Waals surface area contributed by atoms with E-state index in [4.69, 9.17) is 10.1 Å². The van der Waals surface area contributed by atoms with E-state index in [9.17, 15) is 0 Å². The Morgan fingerprint density at radius 3 is 2.82 bits per heavy atom. The van der Waals surface area contributed by atoms with Crippen molar-refractivity contribution in [2.75, 3.05) is 6.61 Å². The Morgan fingerprint density at radius 2 is 2.27 bits per heavy atom. The highest BCUT2D eigenvalue weighted by Crippen LogP contribution is 2.20. The Balaban J connectivity index is 3.05. The second-order valence-electron chi connectivity index (χ2n) is 2.45. The van der Waals surface area contributed by atoms with Gasteiger partial charge in [-0.1, -0.05) is 19.2 Å². The molecule has 1 aliphatic heterocycles. The lowest BCUT2D eigenvalue weighted by atomic mass is 10.0. The van der Waals surface area contributed by atoms with E-state index in [0.717, 1.165) is 11.1 Å². The van der Waals surface area contributed by atoms with Gasteiger partial charge in [0, 0.05) is 5.57 Å². The molecule has 0 atom stereocenters. The molecule has 2 heteroatoms. The van der Waals surface area contributed by atoms with Crippen molar-refractivity contribution in [2.24, 2.45) is 0 Å². The molecule has 1 rings (SSSR count). The molecule has 1 aliphatic rings. The first kappa shape index (κ1) is 7.79. The molecule has 0 spiro atoms. The van der Waals surface area contributed by atoms with E-state index < -0.39 is 0 Å². The number of nitrogens with one attached hydrogen (secondary N) is 1. The zero-order valence-corrected chi connectivity index (χ0v) is 6.61. The van der Waals surface area contributed by atoms with Crippen LogP contribution in [0.3, 0.4) is 0 Å². The van der Waals surface area contributed by atoms with E-state index in [-0.39, 0.29) is 5.90 Å². The van der Waals surface area contributed by atoms with Crippen LogP contribution in [-0.2, 0) is 4.74 Å². The summed E-state index contributed by atoms with van der Waals surface area (Å²) in [4.78, 5) is 0. The molecule has 11 heavy (non-hydrogen) atoms. The van der Waals surface area contributed by atoms with Crippen LogP contribution < -0.4 is 0 Å². The van der Waals surface area contributed by atoms with E-state index >= 15 is 0 Å². The van der Waals surface area contributed by atoms with Crippen molar-refractivity contribution in [1.82, 2.24) is 0 Å². The Labute approximate surface area is 66.4 Å². The van der Waals surface area contributed by atoms with E-state index in [1.165, 1.54) is 0 Å². The molecule has 0 aromatic carbocycles. The maximum absolute atomic E-state index is 7.30. The van der Waals surface area contributed by atoms with Crippen LogP contribution >= 0.6 is 0 Å². The lowest BCUT2D eigenvalue weighted by molar-refractivity contribution is 0.333. The van der Waals surface area contributed by atoms with E-state index in [1.807, 2.05) is 6.92 Å². The summed E-state index contributed by atoms with van der Waals surface area (Å²) in [6.45, 7) is 9.74. The highest BCUT2D eigenvalue weighted by atomic mass is 16.5. The summed E-state index contributed by atoms with van der Waals surface area (Å²) in [5.41, 5.74) is 2.69. The quantitative estimate of drug-likeness (QED) is 0.608. The smallest absolute Gasteiger partial charge is 0.213 e. The normalized spacial score (nSPS) is 18.3. The number of ether oxygens (including phenoxy) is 1. The van der Waals surface area contributed by atoms with Gasteiger partial charge in [0.2, 0.25) is 5.90 Å². The van der Waals surface area contributed by atoms with Gasteiger partial charge in [0.1, 0.15) is 6.61 Å². The number of rotatable bonds is 1. The summed E-state index contributed by atoms with van der Waals surface area (Å²) in [7, 11) is 0. The van der Waals surface area contributed by atoms with Crippen LogP contribution in [0.2, 0.25) is 0 Å². The topological polar surface area (TPSA) is 33.1 Å². The molecule has 0 bridgehead atoms. The van der Waals surface area contributed by atoms with E-state index in [2.05, 4.69) is 13.2 Å². The molecular weight excluding hydrogens is 138 g/mol. The van der Waals surface area contributed by atoms with Gasteiger partial charge in [0.05, 0.1) is 0 Å². The minimum absolute atomic E-state index is 0.174. The first-order valence-corrected chi connectivity index (χ1v) is 3.40. The summed E-state index contributed by atoms with van der Waals surface area (Å²) >= 11 is 0. The molecule has 0 radical (unpaired) electrons. The average Bonchev–Trinajstić information content (AvgIpc) is 2.01. The van der Waals surface area contributed by atoms with Gasteiger partial charge >= 0.3 is 0 Å². The maximum Gasteiger partial charge on any atom is 0.213 e. The summed E-state index contributed by atoms with van der Waals surface area (Å²) in [6, 6.07) is 0. The molecule has 0 aromatic heterocycles. The van der Waals surface area contributed by atoms with Crippen LogP contribution in [0.5, 0.6) is 0 Å². The summed E-state index contributed by atoms with van der Waals surface area (Å²) in [5, 5.41) is 7.30. The van der Waals surface area contributed by atoms with Crippen LogP contribution in [0.4, 0.5) is 0 Å². The molecule has 0 amide bonds. The predicted molar refractivity (Wildman–Crippen MR) is 45.7 cm³/mol. The number of hydrogen-bond donors (Lipinski definition) is 1. The van der Waals surface area contributed by atoms with Crippen LogP contribution in [0.25, 0.3) is 0 Å². The molecule has 58 valence electrons. The molecule has 1 heterocycles. The molecular formula is C9H11NO. The Morgan fingerprint density at radius 1 is 1.64 bits per heavy atom. The predicted octanol–water partition coefficient (Wildman–Crippen LogP) is 2.05. The largest absolute Gasteiger partial charge is 0.473 e. The summed E-state index contributed by atoms with van der Waals surface area (Å²) in [6.07, 6.45) is 1.74. The zero-order chi connectivity index (χ0) is 8.43. The van der Waals surface area contributed by atoms with Crippen LogP contribution in [-0.4, -0.2) is 12.5 Å². The fraction of sp³-hybridized carbons (Fsp3) is 0.222. The monoisotopic (exact) mass is 149 g/mol. The van der Waals surface area contributed by atoms with Crippen LogP contribution in [0, 0.1) is 5.41 Å². The van der Waals surface area contributed by atoms with Gasteiger partial charge < -0.3 is 4.74 Å². The second-order valence-corrected chi connectivity index (χ2v) is 2.45.